The van der Waals surface area contributed by atoms with Crippen molar-refractivity contribution in [1.82, 2.24) is 5.32 Å². The van der Waals surface area contributed by atoms with Crippen LogP contribution in [-0.4, -0.2) is 18.1 Å². The highest BCUT2D eigenvalue weighted by Crippen LogP contribution is 2.27. The van der Waals surface area contributed by atoms with Crippen LogP contribution in [0.4, 0.5) is 0 Å². The fourth-order valence-corrected chi connectivity index (χ4v) is 2.95. The van der Waals surface area contributed by atoms with Gasteiger partial charge in [0.2, 0.25) is 0 Å². The molecule has 0 amide bonds. The van der Waals surface area contributed by atoms with Gasteiger partial charge in [-0.2, -0.15) is 11.8 Å². The number of benzene rings is 1. The molecule has 3 heteroatoms. The molecule has 2 unspecified atom stereocenters. The molecule has 2 aromatic rings. The minimum absolute atomic E-state index is 0.288. The number of fused-ring (bicyclic) bond motifs is 1. The fourth-order valence-electron chi connectivity index (χ4n) is 1.86. The van der Waals surface area contributed by atoms with Crippen molar-refractivity contribution in [3.8, 4) is 0 Å². The van der Waals surface area contributed by atoms with Crippen molar-refractivity contribution in [2.24, 2.45) is 0 Å². The minimum Gasteiger partial charge on any atom is -0.459 e. The van der Waals surface area contributed by atoms with Crippen LogP contribution in [0.3, 0.4) is 0 Å². The molecule has 18 heavy (non-hydrogen) atoms. The number of rotatable bonds is 6. The van der Waals surface area contributed by atoms with Crippen LogP contribution in [0.25, 0.3) is 11.0 Å². The van der Waals surface area contributed by atoms with Gasteiger partial charge in [0.15, 0.2) is 0 Å². The first-order chi connectivity index (χ1) is 8.74. The lowest BCUT2D eigenvalue weighted by molar-refractivity contribution is 0.479. The molecule has 0 aliphatic rings. The number of furan rings is 1. The second-order valence-electron chi connectivity index (χ2n) is 4.58. The van der Waals surface area contributed by atoms with Gasteiger partial charge in [0.25, 0.3) is 0 Å². The van der Waals surface area contributed by atoms with Crippen molar-refractivity contribution in [3.05, 3.63) is 36.1 Å². The molecule has 0 aliphatic carbocycles. The third-order valence-corrected chi connectivity index (χ3v) is 4.69. The van der Waals surface area contributed by atoms with Gasteiger partial charge in [-0.1, -0.05) is 32.0 Å². The topological polar surface area (TPSA) is 25.2 Å². The van der Waals surface area contributed by atoms with Gasteiger partial charge in [-0.05, 0) is 25.6 Å². The molecule has 1 aromatic carbocycles. The van der Waals surface area contributed by atoms with E-state index in [-0.39, 0.29) is 6.04 Å². The Morgan fingerprint density at radius 3 is 2.78 bits per heavy atom. The molecule has 0 radical (unpaired) electrons. The molecule has 0 bridgehead atoms. The third-order valence-electron chi connectivity index (χ3n) is 3.26. The fraction of sp³-hybridized carbons (Fsp3) is 0.467. The zero-order chi connectivity index (χ0) is 13.0. The summed E-state index contributed by atoms with van der Waals surface area (Å²) in [6.07, 6.45) is 1.21. The Morgan fingerprint density at radius 1 is 1.33 bits per heavy atom. The zero-order valence-electron chi connectivity index (χ0n) is 11.3. The van der Waals surface area contributed by atoms with Crippen molar-refractivity contribution in [1.29, 1.82) is 0 Å². The molecule has 0 aliphatic heterocycles. The van der Waals surface area contributed by atoms with E-state index in [4.69, 9.17) is 4.42 Å². The van der Waals surface area contributed by atoms with Crippen LogP contribution in [0.2, 0.25) is 0 Å². The van der Waals surface area contributed by atoms with Crippen LogP contribution in [0.1, 0.15) is 32.1 Å². The molecule has 1 aromatic heterocycles. The van der Waals surface area contributed by atoms with Crippen molar-refractivity contribution in [2.45, 2.75) is 31.6 Å². The van der Waals surface area contributed by atoms with E-state index in [0.29, 0.717) is 5.25 Å². The van der Waals surface area contributed by atoms with E-state index >= 15 is 0 Å². The molecule has 2 nitrogen and oxygen atoms in total. The standard InChI is InChI=1S/C15H21NOS/c1-4-11(2)18-10-13(16-3)15-9-12-7-5-6-8-14(12)17-15/h5-9,11,13,16H,4,10H2,1-3H3. The molecule has 0 fully saturated rings. The molecule has 1 N–H and O–H groups in total. The van der Waals surface area contributed by atoms with Gasteiger partial charge in [0.05, 0.1) is 6.04 Å². The highest BCUT2D eigenvalue weighted by atomic mass is 32.2. The molecule has 98 valence electrons. The van der Waals surface area contributed by atoms with E-state index in [2.05, 4.69) is 31.3 Å². The molecule has 0 spiro atoms. The zero-order valence-corrected chi connectivity index (χ0v) is 12.1. The van der Waals surface area contributed by atoms with Gasteiger partial charge < -0.3 is 9.73 Å². The van der Waals surface area contributed by atoms with E-state index in [1.165, 1.54) is 11.8 Å². The normalized spacial score (nSPS) is 14.8. The summed E-state index contributed by atoms with van der Waals surface area (Å²) in [6.45, 7) is 4.50. The van der Waals surface area contributed by atoms with Gasteiger partial charge in [-0.25, -0.2) is 0 Å². The van der Waals surface area contributed by atoms with Gasteiger partial charge in [-0.3, -0.25) is 0 Å². The lowest BCUT2D eigenvalue weighted by Gasteiger charge is -2.15. The van der Waals surface area contributed by atoms with Crippen LogP contribution < -0.4 is 5.32 Å². The van der Waals surface area contributed by atoms with E-state index in [1.807, 2.05) is 37.0 Å². The monoisotopic (exact) mass is 263 g/mol. The van der Waals surface area contributed by atoms with Crippen LogP contribution in [-0.2, 0) is 0 Å². The number of hydrogen-bond donors (Lipinski definition) is 1. The molecular formula is C15H21NOS. The van der Waals surface area contributed by atoms with E-state index in [0.717, 1.165) is 17.1 Å². The number of thioether (sulfide) groups is 1. The highest BCUT2D eigenvalue weighted by molar-refractivity contribution is 7.99. The number of nitrogens with one attached hydrogen (secondary N) is 1. The summed E-state index contributed by atoms with van der Waals surface area (Å²) in [6, 6.07) is 10.6. The Bertz CT molecular complexity index is 461. The summed E-state index contributed by atoms with van der Waals surface area (Å²) in [4.78, 5) is 0. The molecule has 0 saturated heterocycles. The van der Waals surface area contributed by atoms with Gasteiger partial charge >= 0.3 is 0 Å². The SMILES string of the molecule is CCC(C)SCC(NC)c1cc2ccccc2o1. The Hall–Kier alpha value is -0.930. The Kier molecular flexibility index (Phi) is 4.72. The van der Waals surface area contributed by atoms with Crippen molar-refractivity contribution >= 4 is 22.7 Å². The first kappa shape index (κ1) is 13.5. The molecule has 2 rings (SSSR count). The predicted molar refractivity (Wildman–Crippen MR) is 80.2 cm³/mol. The summed E-state index contributed by atoms with van der Waals surface area (Å²) < 4.78 is 5.91. The van der Waals surface area contributed by atoms with Gasteiger partial charge in [-0.15, -0.1) is 0 Å². The summed E-state index contributed by atoms with van der Waals surface area (Å²) in [5, 5.41) is 5.23. The van der Waals surface area contributed by atoms with Gasteiger partial charge in [0, 0.05) is 16.4 Å². The largest absolute Gasteiger partial charge is 0.459 e. The van der Waals surface area contributed by atoms with Crippen LogP contribution in [0.5, 0.6) is 0 Å². The summed E-state index contributed by atoms with van der Waals surface area (Å²) in [7, 11) is 2.00. The highest BCUT2D eigenvalue weighted by Gasteiger charge is 2.15. The van der Waals surface area contributed by atoms with E-state index in [1.54, 1.807) is 0 Å². The number of hydrogen-bond acceptors (Lipinski definition) is 3. The van der Waals surface area contributed by atoms with Crippen molar-refractivity contribution in [3.63, 3.8) is 0 Å². The smallest absolute Gasteiger partial charge is 0.134 e. The maximum atomic E-state index is 5.91. The second kappa shape index (κ2) is 6.30. The van der Waals surface area contributed by atoms with Crippen molar-refractivity contribution < 1.29 is 4.42 Å². The lowest BCUT2D eigenvalue weighted by Crippen LogP contribution is -2.19. The summed E-state index contributed by atoms with van der Waals surface area (Å²) in [5.41, 5.74) is 0.973. The van der Waals surface area contributed by atoms with Gasteiger partial charge in [0.1, 0.15) is 11.3 Å². The maximum absolute atomic E-state index is 5.91. The van der Waals surface area contributed by atoms with Crippen LogP contribution in [0.15, 0.2) is 34.7 Å². The quantitative estimate of drug-likeness (QED) is 0.844. The van der Waals surface area contributed by atoms with E-state index in [9.17, 15) is 0 Å². The average Bonchev–Trinajstić information content (AvgIpc) is 2.82. The first-order valence-electron chi connectivity index (χ1n) is 6.52. The molecule has 1 heterocycles. The molecule has 2 atom stereocenters. The second-order valence-corrected chi connectivity index (χ2v) is 6.05. The van der Waals surface area contributed by atoms with Crippen LogP contribution in [0, 0.1) is 0 Å². The summed E-state index contributed by atoms with van der Waals surface area (Å²) in [5.74, 6) is 2.08. The third kappa shape index (κ3) is 3.09. The number of para-hydroxylation sites is 1. The molecule has 0 saturated carbocycles. The predicted octanol–water partition coefficient (Wildman–Crippen LogP) is 4.23. The Morgan fingerprint density at radius 2 is 2.11 bits per heavy atom. The van der Waals surface area contributed by atoms with E-state index < -0.39 is 0 Å². The van der Waals surface area contributed by atoms with Crippen molar-refractivity contribution in [2.75, 3.05) is 12.8 Å². The average molecular weight is 263 g/mol. The minimum atomic E-state index is 0.288. The first-order valence-corrected chi connectivity index (χ1v) is 7.56. The molecular weight excluding hydrogens is 242 g/mol. The lowest BCUT2D eigenvalue weighted by atomic mass is 10.2. The van der Waals surface area contributed by atoms with Crippen LogP contribution >= 0.6 is 11.8 Å². The Labute approximate surface area is 113 Å². The Balaban J connectivity index is 2.11. The maximum Gasteiger partial charge on any atom is 0.134 e. The summed E-state index contributed by atoms with van der Waals surface area (Å²) >= 11 is 1.99.